The average Bonchev–Trinajstić information content (AvgIpc) is 2.69. The Morgan fingerprint density at radius 3 is 2.58 bits per heavy atom. The summed E-state index contributed by atoms with van der Waals surface area (Å²) in [5.74, 6) is 0.677. The van der Waals surface area contributed by atoms with Crippen LogP contribution in [0, 0.1) is 6.92 Å². The van der Waals surface area contributed by atoms with Crippen LogP contribution in [0.2, 0.25) is 0 Å². The highest BCUT2D eigenvalue weighted by molar-refractivity contribution is 6.05. The summed E-state index contributed by atoms with van der Waals surface area (Å²) in [5.41, 5.74) is 3.59. The molecule has 0 spiro atoms. The summed E-state index contributed by atoms with van der Waals surface area (Å²) >= 11 is 0. The Morgan fingerprint density at radius 1 is 1.19 bits per heavy atom. The molecule has 1 fully saturated rings. The van der Waals surface area contributed by atoms with Crippen molar-refractivity contribution in [2.75, 3.05) is 36.4 Å². The van der Waals surface area contributed by atoms with Gasteiger partial charge in [-0.05, 0) is 36.6 Å². The van der Waals surface area contributed by atoms with Crippen molar-refractivity contribution in [1.82, 2.24) is 9.88 Å². The number of carbonyl (C=O) groups excluding carboxylic acids is 2. The van der Waals surface area contributed by atoms with Crippen LogP contribution < -0.4 is 10.2 Å². The molecule has 1 aromatic heterocycles. The maximum Gasteiger partial charge on any atom is 0.257 e. The Balaban J connectivity index is 1.69. The molecular formula is C20H24N4O2. The van der Waals surface area contributed by atoms with Crippen LogP contribution in [0.5, 0.6) is 0 Å². The predicted molar refractivity (Wildman–Crippen MR) is 103 cm³/mol. The summed E-state index contributed by atoms with van der Waals surface area (Å²) in [4.78, 5) is 31.7. The number of nitrogens with one attached hydrogen (secondary N) is 1. The number of aryl methyl sites for hydroxylation is 2. The number of amides is 2. The van der Waals surface area contributed by atoms with E-state index in [9.17, 15) is 9.59 Å². The standard InChI is InChI=1S/C20H24N4O2/c1-3-16-6-4-5-15(2)19(16)22-20(26)17-7-8-18(21-13-17)24-11-9-23(14-25)10-12-24/h4-8,13-14H,3,9-12H2,1-2H3,(H,22,26). The first-order chi connectivity index (χ1) is 12.6. The summed E-state index contributed by atoms with van der Waals surface area (Å²) in [6, 6.07) is 9.69. The van der Waals surface area contributed by atoms with E-state index in [4.69, 9.17) is 0 Å². The largest absolute Gasteiger partial charge is 0.353 e. The third-order valence-corrected chi connectivity index (χ3v) is 4.78. The van der Waals surface area contributed by atoms with Crippen LogP contribution >= 0.6 is 0 Å². The van der Waals surface area contributed by atoms with Crippen molar-refractivity contribution < 1.29 is 9.59 Å². The van der Waals surface area contributed by atoms with Gasteiger partial charge in [0.1, 0.15) is 5.82 Å². The van der Waals surface area contributed by atoms with Crippen LogP contribution in [0.4, 0.5) is 11.5 Å². The summed E-state index contributed by atoms with van der Waals surface area (Å²) in [5, 5.41) is 3.02. The van der Waals surface area contributed by atoms with Gasteiger partial charge in [-0.25, -0.2) is 4.98 Å². The number of anilines is 2. The normalized spacial score (nSPS) is 14.2. The molecule has 136 valence electrons. The zero-order chi connectivity index (χ0) is 18.5. The Bertz CT molecular complexity index is 781. The van der Waals surface area contributed by atoms with Crippen molar-refractivity contribution in [3.63, 3.8) is 0 Å². The molecule has 0 unspecified atom stereocenters. The van der Waals surface area contributed by atoms with E-state index in [2.05, 4.69) is 22.1 Å². The first-order valence-corrected chi connectivity index (χ1v) is 8.92. The maximum atomic E-state index is 12.6. The van der Waals surface area contributed by atoms with Gasteiger partial charge in [0, 0.05) is 38.1 Å². The Morgan fingerprint density at radius 2 is 1.96 bits per heavy atom. The van der Waals surface area contributed by atoms with Crippen molar-refractivity contribution in [2.24, 2.45) is 0 Å². The van der Waals surface area contributed by atoms with Crippen molar-refractivity contribution in [3.05, 3.63) is 53.2 Å². The summed E-state index contributed by atoms with van der Waals surface area (Å²) in [7, 11) is 0. The Kier molecular flexibility index (Phi) is 5.51. The van der Waals surface area contributed by atoms with E-state index in [0.717, 1.165) is 48.6 Å². The third-order valence-electron chi connectivity index (χ3n) is 4.78. The number of hydrogen-bond donors (Lipinski definition) is 1. The van der Waals surface area contributed by atoms with Gasteiger partial charge in [-0.1, -0.05) is 25.1 Å². The molecule has 1 saturated heterocycles. The molecule has 2 amide bonds. The monoisotopic (exact) mass is 352 g/mol. The van der Waals surface area contributed by atoms with Crippen molar-refractivity contribution in [3.8, 4) is 0 Å². The van der Waals surface area contributed by atoms with E-state index in [1.54, 1.807) is 17.2 Å². The zero-order valence-corrected chi connectivity index (χ0v) is 15.2. The lowest BCUT2D eigenvalue weighted by molar-refractivity contribution is -0.118. The van der Waals surface area contributed by atoms with Crippen LogP contribution in [-0.4, -0.2) is 48.4 Å². The van der Waals surface area contributed by atoms with Crippen LogP contribution in [0.15, 0.2) is 36.5 Å². The van der Waals surface area contributed by atoms with Crippen LogP contribution in [0.3, 0.4) is 0 Å². The second kappa shape index (κ2) is 7.99. The molecule has 0 aliphatic carbocycles. The zero-order valence-electron chi connectivity index (χ0n) is 15.2. The van der Waals surface area contributed by atoms with Crippen LogP contribution in [0.1, 0.15) is 28.4 Å². The third kappa shape index (κ3) is 3.85. The van der Waals surface area contributed by atoms with Gasteiger partial charge in [0.15, 0.2) is 0 Å². The lowest BCUT2D eigenvalue weighted by atomic mass is 10.1. The molecular weight excluding hydrogens is 328 g/mol. The number of para-hydroxylation sites is 1. The fraction of sp³-hybridized carbons (Fsp3) is 0.350. The highest BCUT2D eigenvalue weighted by Crippen LogP contribution is 2.22. The highest BCUT2D eigenvalue weighted by atomic mass is 16.1. The van der Waals surface area contributed by atoms with Gasteiger partial charge < -0.3 is 15.1 Å². The van der Waals surface area contributed by atoms with Gasteiger partial charge in [-0.15, -0.1) is 0 Å². The quantitative estimate of drug-likeness (QED) is 0.840. The predicted octanol–water partition coefficient (Wildman–Crippen LogP) is 2.48. The lowest BCUT2D eigenvalue weighted by Gasteiger charge is -2.33. The number of aromatic nitrogens is 1. The Labute approximate surface area is 153 Å². The van der Waals surface area contributed by atoms with E-state index in [-0.39, 0.29) is 5.91 Å². The highest BCUT2D eigenvalue weighted by Gasteiger charge is 2.17. The first kappa shape index (κ1) is 17.9. The number of benzene rings is 1. The molecule has 1 aliphatic heterocycles. The van der Waals surface area contributed by atoms with Gasteiger partial charge in [0.25, 0.3) is 5.91 Å². The van der Waals surface area contributed by atoms with Crippen molar-refractivity contribution >= 4 is 23.8 Å². The van der Waals surface area contributed by atoms with Gasteiger partial charge in [0.2, 0.25) is 6.41 Å². The van der Waals surface area contributed by atoms with Gasteiger partial charge in [0.05, 0.1) is 5.56 Å². The minimum Gasteiger partial charge on any atom is -0.353 e. The van der Waals surface area contributed by atoms with Crippen LogP contribution in [0.25, 0.3) is 0 Å². The SMILES string of the molecule is CCc1cccc(C)c1NC(=O)c1ccc(N2CCN(C=O)CC2)nc1. The van der Waals surface area contributed by atoms with Gasteiger partial charge >= 0.3 is 0 Å². The summed E-state index contributed by atoms with van der Waals surface area (Å²) in [6.07, 6.45) is 3.36. The van der Waals surface area contributed by atoms with E-state index < -0.39 is 0 Å². The van der Waals surface area contributed by atoms with E-state index in [1.165, 1.54) is 0 Å². The number of carbonyl (C=O) groups is 2. The summed E-state index contributed by atoms with van der Waals surface area (Å²) in [6.45, 7) is 6.96. The number of rotatable bonds is 5. The number of nitrogens with zero attached hydrogens (tertiary/aromatic N) is 3. The number of piperazine rings is 1. The van der Waals surface area contributed by atoms with Crippen molar-refractivity contribution in [2.45, 2.75) is 20.3 Å². The lowest BCUT2D eigenvalue weighted by Crippen LogP contribution is -2.46. The first-order valence-electron chi connectivity index (χ1n) is 8.92. The second-order valence-corrected chi connectivity index (χ2v) is 6.45. The molecule has 0 bridgehead atoms. The molecule has 2 aromatic rings. The number of pyridine rings is 1. The van der Waals surface area contributed by atoms with E-state index >= 15 is 0 Å². The molecule has 1 aliphatic rings. The topological polar surface area (TPSA) is 65.5 Å². The van der Waals surface area contributed by atoms with Gasteiger partial charge in [-0.3, -0.25) is 9.59 Å². The maximum absolute atomic E-state index is 12.6. The molecule has 6 nitrogen and oxygen atoms in total. The fourth-order valence-electron chi connectivity index (χ4n) is 3.15. The van der Waals surface area contributed by atoms with Crippen LogP contribution in [-0.2, 0) is 11.2 Å². The smallest absolute Gasteiger partial charge is 0.257 e. The molecule has 1 N–H and O–H groups in total. The summed E-state index contributed by atoms with van der Waals surface area (Å²) < 4.78 is 0. The number of hydrogen-bond acceptors (Lipinski definition) is 4. The second-order valence-electron chi connectivity index (χ2n) is 6.45. The molecule has 26 heavy (non-hydrogen) atoms. The van der Waals surface area contributed by atoms with Crippen molar-refractivity contribution in [1.29, 1.82) is 0 Å². The fourth-order valence-corrected chi connectivity index (χ4v) is 3.15. The molecule has 3 rings (SSSR count). The minimum atomic E-state index is -0.154. The minimum absolute atomic E-state index is 0.154. The van der Waals surface area contributed by atoms with Gasteiger partial charge in [-0.2, -0.15) is 0 Å². The molecule has 0 atom stereocenters. The molecule has 2 heterocycles. The average molecular weight is 352 g/mol. The molecule has 0 radical (unpaired) electrons. The molecule has 0 saturated carbocycles. The van der Waals surface area contributed by atoms with E-state index in [0.29, 0.717) is 18.7 Å². The molecule has 6 heteroatoms. The van der Waals surface area contributed by atoms with E-state index in [1.807, 2.05) is 31.2 Å². The Hall–Kier alpha value is -2.89. The molecule has 1 aromatic carbocycles.